The average molecular weight is 172 g/mol. The fraction of sp³-hybridized carbons (Fsp3) is 0.333. The van der Waals surface area contributed by atoms with Crippen LogP contribution >= 0.6 is 0 Å². The lowest BCUT2D eigenvalue weighted by atomic mass is 9.86. The molecule has 0 fully saturated rings. The molecule has 1 unspecified atom stereocenters. The molecule has 0 spiro atoms. The normalized spacial score (nSPS) is 26.2. The molecule has 2 rings (SSSR count). The summed E-state index contributed by atoms with van der Waals surface area (Å²) in [4.78, 5) is 0. The van der Waals surface area contributed by atoms with Gasteiger partial charge in [-0.1, -0.05) is 42.2 Å². The summed E-state index contributed by atoms with van der Waals surface area (Å²) in [6, 6.07) is 9.68. The first kappa shape index (κ1) is 8.34. The van der Waals surface area contributed by atoms with Crippen LogP contribution in [0.25, 0.3) is 0 Å². The van der Waals surface area contributed by atoms with Gasteiger partial charge in [-0.2, -0.15) is 0 Å². The largest absolute Gasteiger partial charge is 0.373 e. The first-order valence-corrected chi connectivity index (χ1v) is 4.59. The van der Waals surface area contributed by atoms with Crippen molar-refractivity contribution in [1.82, 2.24) is 0 Å². The van der Waals surface area contributed by atoms with Crippen LogP contribution in [-0.4, -0.2) is 5.11 Å². The second-order valence-electron chi connectivity index (χ2n) is 3.38. The Kier molecular flexibility index (Phi) is 2.08. The first-order chi connectivity index (χ1) is 6.31. The Labute approximate surface area is 78.4 Å². The average Bonchev–Trinajstić information content (AvgIpc) is 2.20. The van der Waals surface area contributed by atoms with Crippen LogP contribution in [0.3, 0.4) is 0 Å². The zero-order valence-electron chi connectivity index (χ0n) is 7.46. The van der Waals surface area contributed by atoms with Gasteiger partial charge in [-0.3, -0.25) is 0 Å². The molecule has 1 heteroatoms. The van der Waals surface area contributed by atoms with Crippen LogP contribution in [0.1, 0.15) is 24.8 Å². The van der Waals surface area contributed by atoms with E-state index in [4.69, 9.17) is 0 Å². The summed E-state index contributed by atoms with van der Waals surface area (Å²) in [6.07, 6.45) is 2.65. The standard InChI is InChI=1S/C12H12O/c13-12(9-5-2-6-10-12)11-7-3-1-4-8-11/h1,3-4,7-8,13H,2,5,9H2. The lowest BCUT2D eigenvalue weighted by Crippen LogP contribution is -2.25. The minimum absolute atomic E-state index is 0.754. The third-order valence-electron chi connectivity index (χ3n) is 2.39. The van der Waals surface area contributed by atoms with E-state index in [-0.39, 0.29) is 0 Å². The number of aliphatic hydroxyl groups is 1. The summed E-state index contributed by atoms with van der Waals surface area (Å²) in [5.74, 6) is 5.89. The minimum atomic E-state index is -0.889. The van der Waals surface area contributed by atoms with Crippen molar-refractivity contribution in [3.63, 3.8) is 0 Å². The fourth-order valence-corrected chi connectivity index (χ4v) is 1.63. The van der Waals surface area contributed by atoms with E-state index in [1.807, 2.05) is 30.3 Å². The van der Waals surface area contributed by atoms with Gasteiger partial charge < -0.3 is 5.11 Å². The smallest absolute Gasteiger partial charge is 0.150 e. The van der Waals surface area contributed by atoms with Gasteiger partial charge in [-0.05, 0) is 18.4 Å². The van der Waals surface area contributed by atoms with Crippen molar-refractivity contribution in [3.05, 3.63) is 35.9 Å². The van der Waals surface area contributed by atoms with Gasteiger partial charge in [0.05, 0.1) is 0 Å². The Bertz CT molecular complexity index is 344. The minimum Gasteiger partial charge on any atom is -0.373 e. The van der Waals surface area contributed by atoms with E-state index in [9.17, 15) is 5.11 Å². The van der Waals surface area contributed by atoms with E-state index in [2.05, 4.69) is 11.8 Å². The molecule has 0 aliphatic heterocycles. The van der Waals surface area contributed by atoms with Crippen LogP contribution in [-0.2, 0) is 5.60 Å². The molecule has 0 saturated heterocycles. The second-order valence-corrected chi connectivity index (χ2v) is 3.38. The third-order valence-corrected chi connectivity index (χ3v) is 2.39. The van der Waals surface area contributed by atoms with E-state index in [1.54, 1.807) is 0 Å². The summed E-state index contributed by atoms with van der Waals surface area (Å²) in [6.45, 7) is 0. The van der Waals surface area contributed by atoms with Crippen LogP contribution in [0.15, 0.2) is 30.3 Å². The Morgan fingerprint density at radius 3 is 2.62 bits per heavy atom. The molecule has 1 aliphatic carbocycles. The van der Waals surface area contributed by atoms with Crippen molar-refractivity contribution in [1.29, 1.82) is 0 Å². The molecule has 0 radical (unpaired) electrons. The second kappa shape index (κ2) is 3.24. The highest BCUT2D eigenvalue weighted by Gasteiger charge is 2.27. The molecule has 0 heterocycles. The number of hydrogen-bond donors (Lipinski definition) is 1. The first-order valence-electron chi connectivity index (χ1n) is 4.59. The molecule has 1 aliphatic rings. The van der Waals surface area contributed by atoms with Crippen molar-refractivity contribution < 1.29 is 5.11 Å². The Hall–Kier alpha value is -1.26. The predicted molar refractivity (Wildman–Crippen MR) is 52.0 cm³/mol. The van der Waals surface area contributed by atoms with Crippen molar-refractivity contribution in [2.24, 2.45) is 0 Å². The highest BCUT2D eigenvalue weighted by atomic mass is 16.3. The van der Waals surface area contributed by atoms with E-state index in [0.29, 0.717) is 0 Å². The van der Waals surface area contributed by atoms with Crippen LogP contribution in [0.2, 0.25) is 0 Å². The number of benzene rings is 1. The zero-order valence-corrected chi connectivity index (χ0v) is 7.46. The number of rotatable bonds is 1. The zero-order chi connectivity index (χ0) is 9.15. The predicted octanol–water partition coefficient (Wildman–Crippen LogP) is 2.06. The van der Waals surface area contributed by atoms with Crippen molar-refractivity contribution >= 4 is 0 Å². The van der Waals surface area contributed by atoms with Gasteiger partial charge in [0.25, 0.3) is 0 Å². The summed E-state index contributed by atoms with van der Waals surface area (Å²) in [5.41, 5.74) is 0.0293. The summed E-state index contributed by atoms with van der Waals surface area (Å²) in [5, 5.41) is 10.2. The van der Waals surface area contributed by atoms with Gasteiger partial charge in [0.1, 0.15) is 0 Å². The molecular formula is C12H12O. The molecule has 1 nitrogen and oxygen atoms in total. The molecule has 1 aromatic rings. The van der Waals surface area contributed by atoms with Crippen LogP contribution in [0, 0.1) is 11.8 Å². The molecule has 13 heavy (non-hydrogen) atoms. The molecule has 0 aromatic heterocycles. The molecule has 1 aromatic carbocycles. The molecule has 0 saturated carbocycles. The van der Waals surface area contributed by atoms with Crippen LogP contribution < -0.4 is 0 Å². The van der Waals surface area contributed by atoms with E-state index in [0.717, 1.165) is 24.8 Å². The van der Waals surface area contributed by atoms with Gasteiger partial charge in [0.2, 0.25) is 0 Å². The molecule has 1 N–H and O–H groups in total. The van der Waals surface area contributed by atoms with Crippen molar-refractivity contribution in [2.45, 2.75) is 24.9 Å². The molecule has 66 valence electrons. The van der Waals surface area contributed by atoms with E-state index >= 15 is 0 Å². The van der Waals surface area contributed by atoms with Gasteiger partial charge in [0.15, 0.2) is 5.60 Å². The molecular weight excluding hydrogens is 160 g/mol. The van der Waals surface area contributed by atoms with E-state index < -0.39 is 5.60 Å². The van der Waals surface area contributed by atoms with Crippen molar-refractivity contribution in [2.75, 3.05) is 0 Å². The fourth-order valence-electron chi connectivity index (χ4n) is 1.63. The van der Waals surface area contributed by atoms with Gasteiger partial charge in [-0.25, -0.2) is 0 Å². The van der Waals surface area contributed by atoms with Gasteiger partial charge >= 0.3 is 0 Å². The van der Waals surface area contributed by atoms with Crippen LogP contribution in [0.4, 0.5) is 0 Å². The Morgan fingerprint density at radius 1 is 1.23 bits per heavy atom. The highest BCUT2D eigenvalue weighted by Crippen LogP contribution is 2.28. The van der Waals surface area contributed by atoms with Gasteiger partial charge in [-0.15, -0.1) is 0 Å². The Balaban J connectivity index is 2.38. The topological polar surface area (TPSA) is 20.2 Å². The lowest BCUT2D eigenvalue weighted by Gasteiger charge is -2.24. The highest BCUT2D eigenvalue weighted by molar-refractivity contribution is 5.32. The Morgan fingerprint density at radius 2 is 2.00 bits per heavy atom. The summed E-state index contributed by atoms with van der Waals surface area (Å²) < 4.78 is 0. The quantitative estimate of drug-likeness (QED) is 0.643. The summed E-state index contributed by atoms with van der Waals surface area (Å²) >= 11 is 0. The third kappa shape index (κ3) is 1.59. The van der Waals surface area contributed by atoms with Gasteiger partial charge in [0, 0.05) is 6.42 Å². The van der Waals surface area contributed by atoms with Crippen molar-refractivity contribution in [3.8, 4) is 11.8 Å². The van der Waals surface area contributed by atoms with E-state index in [1.165, 1.54) is 0 Å². The monoisotopic (exact) mass is 172 g/mol. The SMILES string of the molecule is OC1(c2ccccc2)C#CCCC1. The van der Waals surface area contributed by atoms with Crippen LogP contribution in [0.5, 0.6) is 0 Å². The molecule has 0 bridgehead atoms. The molecule has 0 amide bonds. The maximum absolute atomic E-state index is 10.2. The maximum Gasteiger partial charge on any atom is 0.150 e. The maximum atomic E-state index is 10.2. The lowest BCUT2D eigenvalue weighted by molar-refractivity contribution is 0.0852. The number of hydrogen-bond acceptors (Lipinski definition) is 1. The molecule has 1 atom stereocenters. The summed E-state index contributed by atoms with van der Waals surface area (Å²) in [7, 11) is 0.